The highest BCUT2D eigenvalue weighted by Gasteiger charge is 2.64. The van der Waals surface area contributed by atoms with Crippen molar-refractivity contribution in [1.82, 2.24) is 9.80 Å². The van der Waals surface area contributed by atoms with Crippen LogP contribution in [-0.4, -0.2) is 112 Å². The van der Waals surface area contributed by atoms with Crippen molar-refractivity contribution >= 4 is 50.8 Å². The monoisotopic (exact) mass is 754 g/mol. The van der Waals surface area contributed by atoms with Gasteiger partial charge < -0.3 is 29.5 Å². The largest absolute Gasteiger partial charge is 0.496 e. The van der Waals surface area contributed by atoms with Crippen LogP contribution in [0.25, 0.3) is 0 Å². The number of hydrogen-bond donors (Lipinski definition) is 2. The zero-order valence-electron chi connectivity index (χ0n) is 27.7. The number of likely N-dealkylation sites (tertiary alicyclic amines) is 1. The predicted octanol–water partition coefficient (Wildman–Crippen LogP) is 3.31. The van der Waals surface area contributed by atoms with E-state index in [1.54, 1.807) is 55.4 Å². The highest BCUT2D eigenvalue weighted by molar-refractivity contribution is 7.93. The molecule has 0 aliphatic carbocycles. The van der Waals surface area contributed by atoms with Crippen LogP contribution < -0.4 is 18.7 Å². The van der Waals surface area contributed by atoms with Crippen molar-refractivity contribution in [2.75, 3.05) is 57.2 Å². The minimum atomic E-state index is -5.08. The Labute approximate surface area is 296 Å². The molecule has 1 saturated heterocycles. The first kappa shape index (κ1) is 37.7. The number of carbonyl (C=O) groups excluding carboxylic acids is 2. The maximum atomic E-state index is 15.2. The summed E-state index contributed by atoms with van der Waals surface area (Å²) in [5, 5.41) is 18.3. The summed E-state index contributed by atoms with van der Waals surface area (Å²) < 4.78 is 73.1. The molecule has 3 aromatic carbocycles. The van der Waals surface area contributed by atoms with Crippen LogP contribution in [0.4, 0.5) is 24.5 Å². The summed E-state index contributed by atoms with van der Waals surface area (Å²) in [5.41, 5.74) is -0.524. The molecule has 3 heterocycles. The number of benzene rings is 3. The van der Waals surface area contributed by atoms with Crippen LogP contribution in [0.1, 0.15) is 17.5 Å². The van der Waals surface area contributed by atoms with Crippen LogP contribution in [0.15, 0.2) is 65.6 Å². The van der Waals surface area contributed by atoms with E-state index >= 15 is 4.79 Å². The molecular formula is C33H34ClF3N4O9S. The van der Waals surface area contributed by atoms with Gasteiger partial charge in [-0.2, -0.15) is 13.2 Å². The number of ether oxygens (including phenoxy) is 2. The van der Waals surface area contributed by atoms with E-state index in [1.165, 1.54) is 36.3 Å². The molecule has 0 spiro atoms. The van der Waals surface area contributed by atoms with E-state index in [0.717, 1.165) is 9.99 Å². The fraction of sp³-hybridized carbons (Fsp3) is 0.364. The number of para-hydroxylation sites is 1. The third kappa shape index (κ3) is 6.54. The van der Waals surface area contributed by atoms with Crippen LogP contribution in [0.5, 0.6) is 11.5 Å². The maximum absolute atomic E-state index is 15.2. The number of halogens is 4. The van der Waals surface area contributed by atoms with Gasteiger partial charge in [0.25, 0.3) is 15.9 Å². The number of nitrogens with zero attached hydrogens (tertiary/aromatic N) is 4. The number of hydrogen-bond acceptors (Lipinski definition) is 10. The summed E-state index contributed by atoms with van der Waals surface area (Å²) in [4.78, 5) is 42.5. The van der Waals surface area contributed by atoms with Gasteiger partial charge in [0, 0.05) is 49.9 Å². The number of anilines is 2. The van der Waals surface area contributed by atoms with Crippen LogP contribution in [0.2, 0.25) is 5.02 Å². The lowest BCUT2D eigenvalue weighted by atomic mass is 9.80. The second-order valence-electron chi connectivity index (χ2n) is 12.1. The van der Waals surface area contributed by atoms with Gasteiger partial charge in [0.15, 0.2) is 5.54 Å². The van der Waals surface area contributed by atoms with Crippen molar-refractivity contribution in [1.29, 1.82) is 0 Å². The average Bonchev–Trinajstić information content (AvgIpc) is 3.58. The number of methoxy groups -OCH3 is 1. The fourth-order valence-electron chi connectivity index (χ4n) is 6.54. The summed E-state index contributed by atoms with van der Waals surface area (Å²) in [6, 6.07) is 14.9. The number of β-amino-alcohol motifs (C(OH)–C–C–N with tert-alkyl or cyclic N) is 1. The molecular weight excluding hydrogens is 721 g/mol. The lowest BCUT2D eigenvalue weighted by Gasteiger charge is -2.42. The first-order valence-electron chi connectivity index (χ1n) is 15.3. The van der Waals surface area contributed by atoms with Crippen LogP contribution in [0.3, 0.4) is 0 Å². The molecule has 1 fully saturated rings. The number of aliphatic hydroxyl groups is 1. The molecule has 18 heteroatoms. The van der Waals surface area contributed by atoms with E-state index in [-0.39, 0.29) is 40.0 Å². The second-order valence-corrected chi connectivity index (χ2v) is 14.4. The molecule has 3 aromatic rings. The van der Waals surface area contributed by atoms with Gasteiger partial charge in [0.05, 0.1) is 42.1 Å². The summed E-state index contributed by atoms with van der Waals surface area (Å²) in [5.74, 6) is -3.26. The highest BCUT2D eigenvalue weighted by Crippen LogP contribution is 2.55. The van der Waals surface area contributed by atoms with Gasteiger partial charge in [-0.3, -0.25) is 14.5 Å². The summed E-state index contributed by atoms with van der Waals surface area (Å²) in [6.45, 7) is 0.938. The third-order valence-electron chi connectivity index (χ3n) is 8.80. The number of aliphatic carboxylic acids is 1. The lowest BCUT2D eigenvalue weighted by molar-refractivity contribution is -0.192. The van der Waals surface area contributed by atoms with Crippen LogP contribution in [-0.2, 0) is 29.9 Å². The summed E-state index contributed by atoms with van der Waals surface area (Å²) >= 11 is 6.54. The molecule has 0 radical (unpaired) electrons. The van der Waals surface area contributed by atoms with E-state index in [1.807, 2.05) is 11.9 Å². The Morgan fingerprint density at radius 2 is 1.71 bits per heavy atom. The Bertz CT molecular complexity index is 1980. The molecule has 51 heavy (non-hydrogen) atoms. The molecule has 0 aromatic heterocycles. The van der Waals surface area contributed by atoms with Gasteiger partial charge in [-0.05, 0) is 42.8 Å². The summed E-state index contributed by atoms with van der Waals surface area (Å²) in [6.07, 6.45) is -6.01. The van der Waals surface area contributed by atoms with Crippen molar-refractivity contribution in [2.24, 2.45) is 0 Å². The van der Waals surface area contributed by atoms with Gasteiger partial charge in [-0.1, -0.05) is 29.8 Å². The van der Waals surface area contributed by atoms with Gasteiger partial charge in [-0.15, -0.1) is 0 Å². The van der Waals surface area contributed by atoms with Gasteiger partial charge in [0.1, 0.15) is 18.1 Å². The molecule has 3 aliphatic rings. The second kappa shape index (κ2) is 13.9. The summed E-state index contributed by atoms with van der Waals surface area (Å²) in [7, 11) is 1.97. The normalized spacial score (nSPS) is 21.6. The molecule has 3 atom stereocenters. The maximum Gasteiger partial charge on any atom is 0.490 e. The van der Waals surface area contributed by atoms with E-state index in [2.05, 4.69) is 0 Å². The van der Waals surface area contributed by atoms with E-state index in [4.69, 9.17) is 31.0 Å². The average molecular weight is 755 g/mol. The number of carboxylic acid groups (broad SMARTS) is 1. The van der Waals surface area contributed by atoms with Gasteiger partial charge in [0.2, 0.25) is 5.91 Å². The first-order chi connectivity index (χ1) is 23.9. The molecule has 1 unspecified atom stereocenters. The van der Waals surface area contributed by atoms with E-state index < -0.39 is 45.8 Å². The Hall–Kier alpha value is -4.58. The first-order valence-corrected chi connectivity index (χ1v) is 17.2. The molecule has 0 saturated carbocycles. The standard InChI is InChI=1S/C31H33ClN4O7S.C2HF3O2/c1-33(2)29(38)26-16-20(37)18-35(26)31(22-7-5-6-8-27(22)42-4)23-15-19(32)9-11-24(23)36(30(31)39)44(40,41)21-10-12-25-28(17-21)43-14-13-34(25)3;3-2(4,5)1(6)7/h5-12,15,17,20,26,37H,13-14,16,18H2,1-4H3;(H,6,7)/t20-,26+,31?;/m1./s1. The quantitative estimate of drug-likeness (QED) is 0.381. The number of alkyl halides is 3. The van der Waals surface area contributed by atoms with Crippen molar-refractivity contribution in [3.8, 4) is 11.5 Å². The third-order valence-corrected chi connectivity index (χ3v) is 10.7. The molecule has 274 valence electrons. The van der Waals surface area contributed by atoms with Crippen molar-refractivity contribution < 1.29 is 55.7 Å². The number of carbonyl (C=O) groups is 3. The Balaban J connectivity index is 0.000000654. The molecule has 0 bridgehead atoms. The number of rotatable bonds is 6. The van der Waals surface area contributed by atoms with Crippen molar-refractivity contribution in [2.45, 2.75) is 35.2 Å². The Morgan fingerprint density at radius 3 is 2.33 bits per heavy atom. The Kier molecular flexibility index (Phi) is 10.2. The van der Waals surface area contributed by atoms with E-state index in [0.29, 0.717) is 30.2 Å². The highest BCUT2D eigenvalue weighted by atomic mass is 35.5. The van der Waals surface area contributed by atoms with Crippen LogP contribution >= 0.6 is 11.6 Å². The number of sulfonamides is 1. The fourth-order valence-corrected chi connectivity index (χ4v) is 8.19. The zero-order valence-corrected chi connectivity index (χ0v) is 29.3. The lowest BCUT2D eigenvalue weighted by Crippen LogP contribution is -2.59. The molecule has 13 nitrogen and oxygen atoms in total. The Morgan fingerprint density at radius 1 is 1.06 bits per heavy atom. The van der Waals surface area contributed by atoms with Crippen molar-refractivity contribution in [3.05, 3.63) is 76.8 Å². The molecule has 6 rings (SSSR count). The number of amides is 2. The minimum Gasteiger partial charge on any atom is -0.496 e. The number of likely N-dealkylation sites (N-methyl/N-ethyl adjacent to an activating group) is 2. The SMILES string of the molecule is COc1ccccc1C1(N2C[C@H](O)C[C@H]2C(=O)N(C)C)C(=O)N(S(=O)(=O)c2ccc3c(c2)OCCN3C)c2ccc(Cl)cc21.O=C(O)C(F)(F)F. The van der Waals surface area contributed by atoms with Crippen LogP contribution in [0, 0.1) is 0 Å². The van der Waals surface area contributed by atoms with E-state index in [9.17, 15) is 31.5 Å². The topological polar surface area (TPSA) is 157 Å². The van der Waals surface area contributed by atoms with Crippen molar-refractivity contribution in [3.63, 3.8) is 0 Å². The molecule has 3 aliphatic heterocycles. The zero-order chi connectivity index (χ0) is 37.6. The van der Waals surface area contributed by atoms with Gasteiger partial charge in [-0.25, -0.2) is 17.5 Å². The molecule has 2 amide bonds. The molecule has 2 N–H and O–H groups in total. The number of aliphatic hydroxyl groups excluding tert-OH is 1. The number of carboxylic acids is 1. The minimum absolute atomic E-state index is 0.0412. The smallest absolute Gasteiger partial charge is 0.490 e. The van der Waals surface area contributed by atoms with Gasteiger partial charge >= 0.3 is 12.1 Å². The predicted molar refractivity (Wildman–Crippen MR) is 179 cm³/mol. The number of fused-ring (bicyclic) bond motifs is 2.